The van der Waals surface area contributed by atoms with Crippen molar-refractivity contribution in [1.82, 2.24) is 20.4 Å². The zero-order valence-electron chi connectivity index (χ0n) is 25.2. The van der Waals surface area contributed by atoms with Crippen LogP contribution in [0.5, 0.6) is 0 Å². The van der Waals surface area contributed by atoms with Crippen LogP contribution in [0.1, 0.15) is 75.8 Å². The molecule has 2 N–H and O–H groups in total. The maximum absolute atomic E-state index is 13.6. The number of piperidine rings is 1. The Balaban J connectivity index is 1.16. The van der Waals surface area contributed by atoms with Crippen molar-refractivity contribution < 1.29 is 19.1 Å². The smallest absolute Gasteiger partial charge is 0.407 e. The van der Waals surface area contributed by atoms with Gasteiger partial charge < -0.3 is 25.2 Å². The SMILES string of the molecule is CCCN1C(=O)C(CCCCNC(=O)OCc2ccccc2)NC(=O)C12CCN(CCCCCc1ccccc1)CC2. The summed E-state index contributed by atoms with van der Waals surface area (Å²) in [6, 6.07) is 19.7. The summed E-state index contributed by atoms with van der Waals surface area (Å²) in [5.41, 5.74) is 1.61. The summed E-state index contributed by atoms with van der Waals surface area (Å²) in [7, 11) is 0. The summed E-state index contributed by atoms with van der Waals surface area (Å²) < 4.78 is 5.25. The largest absolute Gasteiger partial charge is 0.445 e. The molecule has 8 nitrogen and oxygen atoms in total. The summed E-state index contributed by atoms with van der Waals surface area (Å²) in [4.78, 5) is 43.4. The number of hydrogen-bond acceptors (Lipinski definition) is 5. The molecule has 0 bridgehead atoms. The van der Waals surface area contributed by atoms with E-state index >= 15 is 0 Å². The number of likely N-dealkylation sites (tertiary alicyclic amines) is 1. The molecule has 42 heavy (non-hydrogen) atoms. The Kier molecular flexibility index (Phi) is 12.2. The predicted molar refractivity (Wildman–Crippen MR) is 165 cm³/mol. The third-order valence-corrected chi connectivity index (χ3v) is 8.62. The monoisotopic (exact) mass is 576 g/mol. The number of benzene rings is 2. The van der Waals surface area contributed by atoms with Crippen LogP contribution in [0.3, 0.4) is 0 Å². The van der Waals surface area contributed by atoms with Crippen LogP contribution in [0, 0.1) is 0 Å². The first-order chi connectivity index (χ1) is 20.5. The molecule has 2 fully saturated rings. The van der Waals surface area contributed by atoms with Crippen molar-refractivity contribution in [2.45, 2.75) is 89.3 Å². The van der Waals surface area contributed by atoms with Gasteiger partial charge in [-0.25, -0.2) is 4.79 Å². The molecule has 2 aliphatic rings. The number of aryl methyl sites for hydroxylation is 1. The molecule has 1 spiro atoms. The topological polar surface area (TPSA) is 91.0 Å². The van der Waals surface area contributed by atoms with Crippen molar-refractivity contribution in [3.05, 3.63) is 71.8 Å². The fraction of sp³-hybridized carbons (Fsp3) is 0.559. The number of nitrogens with zero attached hydrogens (tertiary/aromatic N) is 2. The highest BCUT2D eigenvalue weighted by molar-refractivity contribution is 6.00. The maximum atomic E-state index is 13.6. The third-order valence-electron chi connectivity index (χ3n) is 8.62. The van der Waals surface area contributed by atoms with E-state index in [0.717, 1.165) is 50.9 Å². The van der Waals surface area contributed by atoms with Crippen molar-refractivity contribution >= 4 is 17.9 Å². The van der Waals surface area contributed by atoms with Crippen LogP contribution in [0.2, 0.25) is 0 Å². The number of amides is 3. The standard InChI is InChI=1S/C34H48N4O4/c1-2-23-38-31(39)30(19-11-12-22-35-33(41)42-27-29-17-8-4-9-18-29)36-32(40)34(38)20-25-37(26-21-34)24-13-5-10-16-28-14-6-3-7-15-28/h3-4,6-9,14-15,17-18,30H,2,5,10-13,16,19-27H2,1H3,(H,35,41)(H,36,40). The molecule has 0 aliphatic carbocycles. The van der Waals surface area contributed by atoms with Crippen molar-refractivity contribution in [3.63, 3.8) is 0 Å². The van der Waals surface area contributed by atoms with Gasteiger partial charge in [0.1, 0.15) is 18.2 Å². The number of rotatable bonds is 15. The number of piperazine rings is 1. The lowest BCUT2D eigenvalue weighted by Gasteiger charge is -2.51. The third kappa shape index (κ3) is 8.81. The first kappa shape index (κ1) is 31.5. The molecule has 4 rings (SSSR count). The Bertz CT molecular complexity index is 1120. The number of nitrogens with one attached hydrogen (secondary N) is 2. The molecular weight excluding hydrogens is 528 g/mol. The van der Waals surface area contributed by atoms with Crippen molar-refractivity contribution in [1.29, 1.82) is 0 Å². The van der Waals surface area contributed by atoms with E-state index in [2.05, 4.69) is 52.8 Å². The van der Waals surface area contributed by atoms with Gasteiger partial charge in [0.25, 0.3) is 0 Å². The highest BCUT2D eigenvalue weighted by Crippen LogP contribution is 2.34. The first-order valence-electron chi connectivity index (χ1n) is 15.8. The van der Waals surface area contributed by atoms with Gasteiger partial charge in [-0.15, -0.1) is 0 Å². The summed E-state index contributed by atoms with van der Waals surface area (Å²) in [5, 5.41) is 5.85. The molecule has 1 atom stereocenters. The Hall–Kier alpha value is -3.39. The number of alkyl carbamates (subject to hydrolysis) is 1. The Morgan fingerprint density at radius 1 is 0.905 bits per heavy atom. The zero-order chi connectivity index (χ0) is 29.6. The van der Waals surface area contributed by atoms with Crippen LogP contribution in [0.15, 0.2) is 60.7 Å². The summed E-state index contributed by atoms with van der Waals surface area (Å²) in [6.07, 6.45) is 8.43. The summed E-state index contributed by atoms with van der Waals surface area (Å²) in [5.74, 6) is 0.0479. The molecule has 2 aromatic rings. The van der Waals surface area contributed by atoms with E-state index < -0.39 is 17.7 Å². The van der Waals surface area contributed by atoms with Crippen molar-refractivity contribution in [2.24, 2.45) is 0 Å². The zero-order valence-corrected chi connectivity index (χ0v) is 25.2. The molecule has 2 heterocycles. The molecule has 2 saturated heterocycles. The minimum atomic E-state index is -0.725. The predicted octanol–water partition coefficient (Wildman–Crippen LogP) is 5.07. The molecule has 2 aliphatic heterocycles. The lowest BCUT2D eigenvalue weighted by molar-refractivity contribution is -0.161. The van der Waals surface area contributed by atoms with Crippen molar-refractivity contribution in [2.75, 3.05) is 32.7 Å². The summed E-state index contributed by atoms with van der Waals surface area (Å²) in [6.45, 7) is 6.11. The molecule has 2 aromatic carbocycles. The summed E-state index contributed by atoms with van der Waals surface area (Å²) >= 11 is 0. The fourth-order valence-corrected chi connectivity index (χ4v) is 6.19. The van der Waals surface area contributed by atoms with Crippen LogP contribution < -0.4 is 10.6 Å². The molecule has 228 valence electrons. The van der Waals surface area contributed by atoms with E-state index in [4.69, 9.17) is 4.74 Å². The van der Waals surface area contributed by atoms with E-state index in [1.54, 1.807) is 0 Å². The highest BCUT2D eigenvalue weighted by atomic mass is 16.5. The van der Waals surface area contributed by atoms with Gasteiger partial charge in [-0.05, 0) is 75.5 Å². The van der Waals surface area contributed by atoms with Crippen LogP contribution in [0.25, 0.3) is 0 Å². The van der Waals surface area contributed by atoms with Crippen LogP contribution in [-0.2, 0) is 27.4 Å². The van der Waals surface area contributed by atoms with E-state index in [1.807, 2.05) is 35.2 Å². The second kappa shape index (κ2) is 16.3. The van der Waals surface area contributed by atoms with Crippen molar-refractivity contribution in [3.8, 4) is 0 Å². The van der Waals surface area contributed by atoms with E-state index in [0.29, 0.717) is 38.8 Å². The van der Waals surface area contributed by atoms with E-state index in [1.165, 1.54) is 18.4 Å². The number of hydrogen-bond donors (Lipinski definition) is 2. The van der Waals surface area contributed by atoms with Gasteiger partial charge in [-0.1, -0.05) is 74.0 Å². The van der Waals surface area contributed by atoms with Crippen LogP contribution in [-0.4, -0.2) is 72.0 Å². The minimum Gasteiger partial charge on any atom is -0.445 e. The second-order valence-corrected chi connectivity index (χ2v) is 11.7. The molecule has 0 aromatic heterocycles. The van der Waals surface area contributed by atoms with Crippen LogP contribution in [0.4, 0.5) is 4.79 Å². The number of unbranched alkanes of at least 4 members (excludes halogenated alkanes) is 3. The lowest BCUT2D eigenvalue weighted by atomic mass is 9.81. The van der Waals surface area contributed by atoms with Gasteiger partial charge in [0.2, 0.25) is 11.8 Å². The highest BCUT2D eigenvalue weighted by Gasteiger charge is 2.52. The lowest BCUT2D eigenvalue weighted by Crippen LogP contribution is -2.72. The first-order valence-corrected chi connectivity index (χ1v) is 15.8. The van der Waals surface area contributed by atoms with Crippen LogP contribution >= 0.6 is 0 Å². The molecule has 8 heteroatoms. The van der Waals surface area contributed by atoms with Gasteiger partial charge >= 0.3 is 6.09 Å². The molecule has 0 radical (unpaired) electrons. The molecule has 0 saturated carbocycles. The van der Waals surface area contributed by atoms with E-state index in [-0.39, 0.29) is 18.4 Å². The average Bonchev–Trinajstić information content (AvgIpc) is 3.02. The minimum absolute atomic E-state index is 0.00526. The van der Waals surface area contributed by atoms with Gasteiger partial charge in [0, 0.05) is 26.2 Å². The fourth-order valence-electron chi connectivity index (χ4n) is 6.19. The normalized spacial score (nSPS) is 18.6. The average molecular weight is 577 g/mol. The number of ether oxygens (including phenoxy) is 1. The molecule has 3 amide bonds. The van der Waals surface area contributed by atoms with Gasteiger partial charge in [-0.3, -0.25) is 9.59 Å². The van der Waals surface area contributed by atoms with Gasteiger partial charge in [0.15, 0.2) is 0 Å². The van der Waals surface area contributed by atoms with E-state index in [9.17, 15) is 14.4 Å². The molecule has 1 unspecified atom stereocenters. The second-order valence-electron chi connectivity index (χ2n) is 11.7. The molecular formula is C34H48N4O4. The quantitative estimate of drug-likeness (QED) is 0.289. The Morgan fingerprint density at radius 2 is 1.60 bits per heavy atom. The van der Waals surface area contributed by atoms with Gasteiger partial charge in [0.05, 0.1) is 0 Å². The number of carbonyl (C=O) groups excluding carboxylic acids is 3. The van der Waals surface area contributed by atoms with Gasteiger partial charge in [-0.2, -0.15) is 0 Å². The Labute approximate surface area is 251 Å². The maximum Gasteiger partial charge on any atom is 0.407 e. The number of carbonyl (C=O) groups is 3. The Morgan fingerprint density at radius 3 is 2.29 bits per heavy atom.